The van der Waals surface area contributed by atoms with Crippen LogP contribution in [0.15, 0.2) is 36.5 Å². The molecule has 0 fully saturated rings. The number of halogens is 2. The van der Waals surface area contributed by atoms with E-state index in [1.54, 1.807) is 25.1 Å². The largest absolute Gasteiger partial charge is 0.439 e. The second kappa shape index (κ2) is 5.33. The number of aromatic nitrogens is 1. The van der Waals surface area contributed by atoms with Gasteiger partial charge in [0.1, 0.15) is 11.6 Å². The predicted molar refractivity (Wildman–Crippen MR) is 66.4 cm³/mol. The van der Waals surface area contributed by atoms with Crippen LogP contribution in [0.3, 0.4) is 0 Å². The van der Waals surface area contributed by atoms with Gasteiger partial charge in [-0.1, -0.05) is 11.6 Å². The summed E-state index contributed by atoms with van der Waals surface area (Å²) in [5.74, 6) is 0.0880. The molecule has 2 aromatic rings. The van der Waals surface area contributed by atoms with Crippen molar-refractivity contribution >= 4 is 11.6 Å². The van der Waals surface area contributed by atoms with Gasteiger partial charge in [-0.2, -0.15) is 0 Å². The molecule has 0 amide bonds. The Morgan fingerprint density at radius 2 is 2.11 bits per heavy atom. The molecule has 0 spiro atoms. The van der Waals surface area contributed by atoms with E-state index in [0.29, 0.717) is 17.2 Å². The monoisotopic (exact) mass is 267 g/mol. The van der Waals surface area contributed by atoms with E-state index in [9.17, 15) is 9.50 Å². The molecule has 0 aliphatic carbocycles. The van der Waals surface area contributed by atoms with Crippen LogP contribution in [-0.4, -0.2) is 10.1 Å². The van der Waals surface area contributed by atoms with E-state index in [4.69, 9.17) is 16.3 Å². The first-order chi connectivity index (χ1) is 8.56. The molecule has 2 rings (SSSR count). The second-order valence-electron chi connectivity index (χ2n) is 3.78. The van der Waals surface area contributed by atoms with Crippen LogP contribution in [-0.2, 0) is 0 Å². The maximum atomic E-state index is 13.2. The van der Waals surface area contributed by atoms with E-state index < -0.39 is 11.9 Å². The number of pyridine rings is 1. The molecule has 1 aromatic heterocycles. The number of ether oxygens (including phenoxy) is 1. The molecule has 1 aromatic carbocycles. The highest BCUT2D eigenvalue weighted by molar-refractivity contribution is 6.30. The molecule has 5 heteroatoms. The van der Waals surface area contributed by atoms with Crippen molar-refractivity contribution < 1.29 is 14.2 Å². The summed E-state index contributed by atoms with van der Waals surface area (Å²) < 4.78 is 18.5. The van der Waals surface area contributed by atoms with Crippen LogP contribution in [0.4, 0.5) is 4.39 Å². The van der Waals surface area contributed by atoms with Crippen LogP contribution < -0.4 is 4.74 Å². The van der Waals surface area contributed by atoms with E-state index in [0.717, 1.165) is 0 Å². The van der Waals surface area contributed by atoms with Gasteiger partial charge in [0.25, 0.3) is 0 Å². The summed E-state index contributed by atoms with van der Waals surface area (Å²) in [6.45, 7) is 1.64. The Hall–Kier alpha value is -1.65. The lowest BCUT2D eigenvalue weighted by atomic mass is 10.2. The molecule has 0 bridgehead atoms. The number of aliphatic hydroxyl groups excluding tert-OH is 1. The van der Waals surface area contributed by atoms with Gasteiger partial charge in [0.15, 0.2) is 0 Å². The SMILES string of the molecule is C[C@@H](O)c1ccc(Oc2ccc(Cl)c(F)c2)nc1. The second-order valence-corrected chi connectivity index (χ2v) is 4.19. The molecular weight excluding hydrogens is 257 g/mol. The first-order valence-electron chi connectivity index (χ1n) is 5.33. The van der Waals surface area contributed by atoms with Crippen LogP contribution in [0.25, 0.3) is 0 Å². The molecule has 18 heavy (non-hydrogen) atoms. The smallest absolute Gasteiger partial charge is 0.219 e. The van der Waals surface area contributed by atoms with E-state index in [2.05, 4.69) is 4.98 Å². The number of aliphatic hydroxyl groups is 1. The Labute approximate surface area is 109 Å². The molecule has 0 unspecified atom stereocenters. The summed E-state index contributed by atoms with van der Waals surface area (Å²) >= 11 is 5.57. The summed E-state index contributed by atoms with van der Waals surface area (Å²) in [5.41, 5.74) is 0.685. The van der Waals surface area contributed by atoms with Crippen molar-refractivity contribution in [2.24, 2.45) is 0 Å². The minimum Gasteiger partial charge on any atom is -0.439 e. The van der Waals surface area contributed by atoms with E-state index >= 15 is 0 Å². The van der Waals surface area contributed by atoms with Crippen molar-refractivity contribution in [2.75, 3.05) is 0 Å². The fourth-order valence-corrected chi connectivity index (χ4v) is 1.48. The Morgan fingerprint density at radius 1 is 1.33 bits per heavy atom. The third kappa shape index (κ3) is 2.97. The van der Waals surface area contributed by atoms with Gasteiger partial charge in [0.05, 0.1) is 11.1 Å². The highest BCUT2D eigenvalue weighted by atomic mass is 35.5. The molecule has 0 saturated heterocycles. The minimum atomic E-state index is -0.584. The van der Waals surface area contributed by atoms with Crippen molar-refractivity contribution in [2.45, 2.75) is 13.0 Å². The predicted octanol–water partition coefficient (Wildman–Crippen LogP) is 3.72. The van der Waals surface area contributed by atoms with Gasteiger partial charge in [0.2, 0.25) is 5.88 Å². The molecule has 1 atom stereocenters. The Balaban J connectivity index is 2.15. The van der Waals surface area contributed by atoms with Crippen LogP contribution in [0.2, 0.25) is 5.02 Å². The number of hydrogen-bond donors (Lipinski definition) is 1. The topological polar surface area (TPSA) is 42.4 Å². The number of nitrogens with zero attached hydrogens (tertiary/aromatic N) is 1. The Kier molecular flexibility index (Phi) is 3.79. The molecule has 0 saturated carbocycles. The fraction of sp³-hybridized carbons (Fsp3) is 0.154. The minimum absolute atomic E-state index is 0.0414. The molecule has 0 aliphatic heterocycles. The van der Waals surface area contributed by atoms with E-state index in [1.165, 1.54) is 18.3 Å². The summed E-state index contributed by atoms with van der Waals surface area (Å²) in [4.78, 5) is 4.01. The van der Waals surface area contributed by atoms with Gasteiger partial charge in [-0.05, 0) is 30.7 Å². The highest BCUT2D eigenvalue weighted by Crippen LogP contribution is 2.24. The van der Waals surface area contributed by atoms with Crippen molar-refractivity contribution in [1.82, 2.24) is 4.98 Å². The lowest BCUT2D eigenvalue weighted by Gasteiger charge is -2.07. The molecule has 1 N–H and O–H groups in total. The zero-order valence-corrected chi connectivity index (χ0v) is 10.4. The molecule has 94 valence electrons. The number of benzene rings is 1. The lowest BCUT2D eigenvalue weighted by molar-refractivity contribution is 0.198. The summed E-state index contributed by atoms with van der Waals surface area (Å²) in [6.07, 6.45) is 0.922. The third-order valence-corrected chi connectivity index (χ3v) is 2.66. The zero-order chi connectivity index (χ0) is 13.1. The average molecular weight is 268 g/mol. The van der Waals surface area contributed by atoms with Gasteiger partial charge in [-0.25, -0.2) is 9.37 Å². The van der Waals surface area contributed by atoms with Crippen LogP contribution in [0.1, 0.15) is 18.6 Å². The average Bonchev–Trinajstić information content (AvgIpc) is 2.34. The molecular formula is C13H11ClFNO2. The highest BCUT2D eigenvalue weighted by Gasteiger charge is 2.05. The van der Waals surface area contributed by atoms with Crippen LogP contribution in [0.5, 0.6) is 11.6 Å². The van der Waals surface area contributed by atoms with Crippen molar-refractivity contribution in [1.29, 1.82) is 0 Å². The van der Waals surface area contributed by atoms with Gasteiger partial charge in [0, 0.05) is 18.3 Å². The van der Waals surface area contributed by atoms with Gasteiger partial charge in [-0.3, -0.25) is 0 Å². The van der Waals surface area contributed by atoms with Crippen molar-refractivity contribution in [3.63, 3.8) is 0 Å². The maximum Gasteiger partial charge on any atom is 0.219 e. The number of hydrogen-bond acceptors (Lipinski definition) is 3. The lowest BCUT2D eigenvalue weighted by Crippen LogP contribution is -1.94. The number of rotatable bonds is 3. The quantitative estimate of drug-likeness (QED) is 0.922. The zero-order valence-electron chi connectivity index (χ0n) is 9.60. The summed E-state index contributed by atoms with van der Waals surface area (Å²) in [7, 11) is 0. The molecule has 0 radical (unpaired) electrons. The standard InChI is InChI=1S/C13H11ClFNO2/c1-8(17)9-2-5-13(16-7-9)18-10-3-4-11(14)12(15)6-10/h2-8,17H,1H3/t8-/m1/s1. The maximum absolute atomic E-state index is 13.2. The van der Waals surface area contributed by atoms with Crippen LogP contribution in [0, 0.1) is 5.82 Å². The van der Waals surface area contributed by atoms with E-state index in [-0.39, 0.29) is 5.02 Å². The fourth-order valence-electron chi connectivity index (χ4n) is 1.36. The van der Waals surface area contributed by atoms with Gasteiger partial charge in [-0.15, -0.1) is 0 Å². The molecule has 3 nitrogen and oxygen atoms in total. The van der Waals surface area contributed by atoms with E-state index in [1.807, 2.05) is 0 Å². The van der Waals surface area contributed by atoms with Crippen LogP contribution >= 0.6 is 11.6 Å². The first kappa shape index (κ1) is 12.8. The normalized spacial score (nSPS) is 12.2. The Morgan fingerprint density at radius 3 is 2.67 bits per heavy atom. The summed E-state index contributed by atoms with van der Waals surface area (Å²) in [6, 6.07) is 7.45. The summed E-state index contributed by atoms with van der Waals surface area (Å²) in [5, 5.41) is 9.37. The van der Waals surface area contributed by atoms with Crippen molar-refractivity contribution in [3.8, 4) is 11.6 Å². The third-order valence-electron chi connectivity index (χ3n) is 2.36. The van der Waals surface area contributed by atoms with Crippen molar-refractivity contribution in [3.05, 3.63) is 52.9 Å². The Bertz CT molecular complexity index is 543. The molecule has 0 aliphatic rings. The molecule has 1 heterocycles. The van der Waals surface area contributed by atoms with Gasteiger partial charge < -0.3 is 9.84 Å². The van der Waals surface area contributed by atoms with Gasteiger partial charge >= 0.3 is 0 Å². The first-order valence-corrected chi connectivity index (χ1v) is 5.71.